The van der Waals surface area contributed by atoms with Crippen LogP contribution in [0.2, 0.25) is 24.7 Å². The van der Waals surface area contributed by atoms with Crippen molar-refractivity contribution < 1.29 is 0 Å². The molecule has 0 aromatic heterocycles. The summed E-state index contributed by atoms with van der Waals surface area (Å²) < 4.78 is 2.54. The van der Waals surface area contributed by atoms with Crippen molar-refractivity contribution >= 4 is 26.0 Å². The van der Waals surface area contributed by atoms with Gasteiger partial charge in [0.2, 0.25) is 0 Å². The Morgan fingerprint density at radius 2 is 1.80 bits per heavy atom. The Kier molecular flexibility index (Phi) is 4.97. The third-order valence-corrected chi connectivity index (χ3v) is 4.51. The predicted octanol–water partition coefficient (Wildman–Crippen LogP) is 1.73. The summed E-state index contributed by atoms with van der Waals surface area (Å²) in [4.78, 5) is 0. The van der Waals surface area contributed by atoms with Crippen molar-refractivity contribution in [2.24, 2.45) is 0 Å². The molecule has 0 bridgehead atoms. The molecule has 0 atom stereocenters. The van der Waals surface area contributed by atoms with Gasteiger partial charge in [0.25, 0.3) is 0 Å². The van der Waals surface area contributed by atoms with Gasteiger partial charge < -0.3 is 0 Å². The van der Waals surface area contributed by atoms with E-state index >= 15 is 0 Å². The summed E-state index contributed by atoms with van der Waals surface area (Å²) in [7, 11) is 1.29. The summed E-state index contributed by atoms with van der Waals surface area (Å²) in [6.45, 7) is 8.46. The van der Waals surface area contributed by atoms with Gasteiger partial charge in [-0.05, 0) is 0 Å². The summed E-state index contributed by atoms with van der Waals surface area (Å²) >= 11 is 2.25. The van der Waals surface area contributed by atoms with Crippen molar-refractivity contribution in [3.8, 4) is 0 Å². The van der Waals surface area contributed by atoms with Crippen LogP contribution in [0, 0.1) is 0 Å². The normalized spacial score (nSPS) is 12.7. The van der Waals surface area contributed by atoms with Crippen molar-refractivity contribution in [2.75, 3.05) is 13.6 Å². The van der Waals surface area contributed by atoms with E-state index in [0.29, 0.717) is 0 Å². The summed E-state index contributed by atoms with van der Waals surface area (Å²) in [5.74, 6) is 0. The number of rotatable bonds is 4. The quantitative estimate of drug-likeness (QED) is 0.553. The summed E-state index contributed by atoms with van der Waals surface area (Å²) in [5, 5.41) is 1.31. The minimum atomic E-state index is -0.965. The van der Waals surface area contributed by atoms with E-state index in [2.05, 4.69) is 49.0 Å². The van der Waals surface area contributed by atoms with Crippen LogP contribution < -0.4 is 0 Å². The molecule has 0 aliphatic carbocycles. The molecule has 0 aliphatic rings. The summed E-state index contributed by atoms with van der Waals surface area (Å²) in [5.41, 5.74) is 0. The summed E-state index contributed by atoms with van der Waals surface area (Å²) in [6.07, 6.45) is 1.35. The molecule has 0 amide bonds. The Morgan fingerprint density at radius 1 is 1.30 bits per heavy atom. The SMILES string of the molecule is [Li][CH2]CCN(C)[Si](C)(C)C. The second-order valence-corrected chi connectivity index (χ2v) is 9.05. The second-order valence-electron chi connectivity index (χ2n) is 3.95. The van der Waals surface area contributed by atoms with Gasteiger partial charge >= 0.3 is 75.3 Å². The van der Waals surface area contributed by atoms with Crippen molar-refractivity contribution in [1.29, 1.82) is 0 Å². The van der Waals surface area contributed by atoms with E-state index in [1.165, 1.54) is 18.1 Å². The first-order valence-corrected chi connectivity index (χ1v) is 7.64. The van der Waals surface area contributed by atoms with Crippen LogP contribution in [0.1, 0.15) is 6.42 Å². The van der Waals surface area contributed by atoms with E-state index in [0.717, 1.165) is 0 Å². The molecule has 56 valence electrons. The topological polar surface area (TPSA) is 3.24 Å². The molecule has 0 fully saturated rings. The zero-order chi connectivity index (χ0) is 8.20. The molecule has 0 N–H and O–H groups in total. The van der Waals surface area contributed by atoms with Crippen LogP contribution in [0.3, 0.4) is 0 Å². The van der Waals surface area contributed by atoms with Crippen LogP contribution >= 0.6 is 0 Å². The Balaban J connectivity index is 3.52. The van der Waals surface area contributed by atoms with Gasteiger partial charge in [-0.25, -0.2) is 0 Å². The van der Waals surface area contributed by atoms with Gasteiger partial charge in [0.1, 0.15) is 0 Å². The Hall–Kier alpha value is 0.774. The number of hydrogen-bond donors (Lipinski definition) is 0. The van der Waals surface area contributed by atoms with Crippen LogP contribution in [0.4, 0.5) is 0 Å². The first-order valence-electron chi connectivity index (χ1n) is 4.19. The molecule has 0 unspecified atom stereocenters. The Bertz CT molecular complexity index is 90.1. The van der Waals surface area contributed by atoms with E-state index in [1.807, 2.05) is 0 Å². The molecule has 0 rings (SSSR count). The first kappa shape index (κ1) is 10.8. The van der Waals surface area contributed by atoms with Crippen molar-refractivity contribution in [2.45, 2.75) is 31.2 Å². The monoisotopic (exact) mass is 151 g/mol. The minimum absolute atomic E-state index is 0.965. The standard InChI is InChI=1S/C7H18NSi.Li/c1-6-7-8(2)9(3,4)5;/h1,6-7H2,2-5H3;. The molecular formula is C7H18LiNSi. The van der Waals surface area contributed by atoms with Gasteiger partial charge in [-0.15, -0.1) is 0 Å². The molecule has 0 spiro atoms. The molecule has 10 heavy (non-hydrogen) atoms. The molecule has 0 radical (unpaired) electrons. The number of nitrogens with zero attached hydrogens (tertiary/aromatic N) is 1. The first-order chi connectivity index (χ1) is 4.48. The van der Waals surface area contributed by atoms with Gasteiger partial charge in [0.05, 0.1) is 0 Å². The van der Waals surface area contributed by atoms with E-state index in [4.69, 9.17) is 0 Å². The Morgan fingerprint density at radius 3 is 2.10 bits per heavy atom. The third kappa shape index (κ3) is 4.57. The fraction of sp³-hybridized carbons (Fsp3) is 1.00. The van der Waals surface area contributed by atoms with Crippen molar-refractivity contribution in [3.63, 3.8) is 0 Å². The van der Waals surface area contributed by atoms with Crippen LogP contribution in [-0.2, 0) is 0 Å². The molecule has 0 aromatic carbocycles. The van der Waals surface area contributed by atoms with Crippen LogP contribution in [-0.4, -0.2) is 44.1 Å². The van der Waals surface area contributed by atoms with Gasteiger partial charge in [-0.1, -0.05) is 0 Å². The molecule has 0 aliphatic heterocycles. The van der Waals surface area contributed by atoms with E-state index in [-0.39, 0.29) is 0 Å². The fourth-order valence-electron chi connectivity index (χ4n) is 0.731. The average Bonchev–Trinajstić information content (AvgIpc) is 1.80. The predicted molar refractivity (Wildman–Crippen MR) is 51.2 cm³/mol. The van der Waals surface area contributed by atoms with Crippen molar-refractivity contribution in [1.82, 2.24) is 4.57 Å². The van der Waals surface area contributed by atoms with Crippen molar-refractivity contribution in [3.05, 3.63) is 0 Å². The zero-order valence-corrected chi connectivity index (χ0v) is 9.07. The maximum absolute atomic E-state index is 2.54. The van der Waals surface area contributed by atoms with Crippen LogP contribution in [0.25, 0.3) is 0 Å². The average molecular weight is 151 g/mol. The molecular weight excluding hydrogens is 133 g/mol. The molecule has 0 heterocycles. The second kappa shape index (κ2) is 4.61. The van der Waals surface area contributed by atoms with E-state index in [1.54, 1.807) is 0 Å². The Labute approximate surface area is 75.5 Å². The third-order valence-electron chi connectivity index (χ3n) is 1.99. The maximum atomic E-state index is 2.54. The van der Waals surface area contributed by atoms with Gasteiger partial charge in [0.15, 0.2) is 0 Å². The number of hydrogen-bond acceptors (Lipinski definition) is 1. The molecule has 1 nitrogen and oxygen atoms in total. The van der Waals surface area contributed by atoms with Gasteiger partial charge in [0, 0.05) is 0 Å². The van der Waals surface area contributed by atoms with E-state index in [9.17, 15) is 0 Å². The van der Waals surface area contributed by atoms with Crippen LogP contribution in [0.5, 0.6) is 0 Å². The fourth-order valence-corrected chi connectivity index (χ4v) is 1.56. The van der Waals surface area contributed by atoms with E-state index < -0.39 is 8.24 Å². The molecule has 0 saturated carbocycles. The molecule has 0 aromatic rings. The molecule has 0 saturated heterocycles. The van der Waals surface area contributed by atoms with Gasteiger partial charge in [-0.3, -0.25) is 0 Å². The van der Waals surface area contributed by atoms with Gasteiger partial charge in [-0.2, -0.15) is 0 Å². The summed E-state index contributed by atoms with van der Waals surface area (Å²) in [6, 6.07) is 0. The molecule has 3 heteroatoms. The van der Waals surface area contributed by atoms with Crippen LogP contribution in [0.15, 0.2) is 0 Å². The zero-order valence-electron chi connectivity index (χ0n) is 8.07.